The van der Waals surface area contributed by atoms with Crippen LogP contribution in [0.25, 0.3) is 5.65 Å². The van der Waals surface area contributed by atoms with Crippen LogP contribution in [0.1, 0.15) is 34.2 Å². The van der Waals surface area contributed by atoms with Crippen molar-refractivity contribution in [2.75, 3.05) is 20.6 Å². The number of pyridine rings is 1. The zero-order valence-electron chi connectivity index (χ0n) is 15.9. The fourth-order valence-corrected chi connectivity index (χ4v) is 4.69. The highest BCUT2D eigenvalue weighted by atomic mass is 32.1. The van der Waals surface area contributed by atoms with Gasteiger partial charge in [0.25, 0.3) is 0 Å². The van der Waals surface area contributed by atoms with E-state index in [1.807, 2.05) is 47.2 Å². The van der Waals surface area contributed by atoms with Crippen LogP contribution in [-0.2, 0) is 25.8 Å². The molecule has 27 heavy (non-hydrogen) atoms. The number of nitrogens with zero attached hydrogens (tertiary/aromatic N) is 6. The number of rotatable bonds is 5. The second kappa shape index (κ2) is 8.04. The maximum atomic E-state index is 4.84. The Balaban J connectivity index is 1.34. The largest absolute Gasteiger partial charge is 0.356 e. The Labute approximate surface area is 163 Å². The molecule has 1 aliphatic rings. The molecule has 3 aromatic rings. The second-order valence-electron chi connectivity index (χ2n) is 6.81. The average molecular weight is 384 g/mol. The molecule has 0 bridgehead atoms. The molecule has 1 aliphatic carbocycles. The standard InChI is InChI=1S/C19H25N7S/c1-20-19(21-11-10-17-24-23-16-9-5-6-12-26(16)17)25(2)13-18-22-14-7-3-4-8-15(14)27-18/h5-6,9,12H,3-4,7-8,10-11,13H2,1-2H3,(H,20,21). The number of nitrogens with one attached hydrogen (secondary N) is 1. The maximum Gasteiger partial charge on any atom is 0.193 e. The van der Waals surface area contributed by atoms with Crippen molar-refractivity contribution in [1.29, 1.82) is 0 Å². The van der Waals surface area contributed by atoms with Crippen LogP contribution in [0.3, 0.4) is 0 Å². The fourth-order valence-electron chi connectivity index (χ4n) is 3.48. The Morgan fingerprint density at radius 1 is 1.30 bits per heavy atom. The third-order valence-corrected chi connectivity index (χ3v) is 5.99. The van der Waals surface area contributed by atoms with Gasteiger partial charge in [0.15, 0.2) is 11.6 Å². The minimum Gasteiger partial charge on any atom is -0.356 e. The number of hydrogen-bond donors (Lipinski definition) is 1. The summed E-state index contributed by atoms with van der Waals surface area (Å²) >= 11 is 1.86. The lowest BCUT2D eigenvalue weighted by molar-refractivity contribution is 0.474. The van der Waals surface area contributed by atoms with Gasteiger partial charge in [0, 0.05) is 38.1 Å². The molecule has 1 N–H and O–H groups in total. The van der Waals surface area contributed by atoms with Gasteiger partial charge in [0.2, 0.25) is 0 Å². The van der Waals surface area contributed by atoms with Gasteiger partial charge in [-0.05, 0) is 37.8 Å². The number of thiazole rings is 1. The lowest BCUT2D eigenvalue weighted by Crippen LogP contribution is -2.39. The van der Waals surface area contributed by atoms with Crippen LogP contribution in [0.15, 0.2) is 29.4 Å². The summed E-state index contributed by atoms with van der Waals surface area (Å²) in [5.41, 5.74) is 2.19. The molecule has 0 atom stereocenters. The van der Waals surface area contributed by atoms with E-state index in [-0.39, 0.29) is 0 Å². The van der Waals surface area contributed by atoms with E-state index in [4.69, 9.17) is 4.98 Å². The zero-order chi connectivity index (χ0) is 18.6. The third-order valence-electron chi connectivity index (χ3n) is 4.85. The summed E-state index contributed by atoms with van der Waals surface area (Å²) in [5.74, 6) is 1.82. The molecule has 0 radical (unpaired) electrons. The molecule has 8 heteroatoms. The Morgan fingerprint density at radius 2 is 2.19 bits per heavy atom. The highest BCUT2D eigenvalue weighted by molar-refractivity contribution is 7.11. The van der Waals surface area contributed by atoms with Gasteiger partial charge in [-0.1, -0.05) is 6.07 Å². The maximum absolute atomic E-state index is 4.84. The summed E-state index contributed by atoms with van der Waals surface area (Å²) in [6.07, 6.45) is 7.67. The molecule has 142 valence electrons. The lowest BCUT2D eigenvalue weighted by atomic mass is 10.0. The molecule has 0 aromatic carbocycles. The highest BCUT2D eigenvalue weighted by Gasteiger charge is 2.17. The van der Waals surface area contributed by atoms with Gasteiger partial charge >= 0.3 is 0 Å². The van der Waals surface area contributed by atoms with Crippen LogP contribution in [0.5, 0.6) is 0 Å². The lowest BCUT2D eigenvalue weighted by Gasteiger charge is -2.20. The molecule has 0 aliphatic heterocycles. The third kappa shape index (κ3) is 3.95. The Kier molecular flexibility index (Phi) is 5.33. The molecule has 0 unspecified atom stereocenters. The van der Waals surface area contributed by atoms with Crippen LogP contribution < -0.4 is 5.32 Å². The molecule has 3 aromatic heterocycles. The van der Waals surface area contributed by atoms with Gasteiger partial charge in [-0.3, -0.25) is 9.39 Å². The topological polar surface area (TPSA) is 70.7 Å². The van der Waals surface area contributed by atoms with Crippen LogP contribution >= 0.6 is 11.3 Å². The summed E-state index contributed by atoms with van der Waals surface area (Å²) in [7, 11) is 3.88. The predicted molar refractivity (Wildman–Crippen MR) is 108 cm³/mol. The summed E-state index contributed by atoms with van der Waals surface area (Å²) < 4.78 is 2.02. The monoisotopic (exact) mass is 383 g/mol. The van der Waals surface area contributed by atoms with Gasteiger partial charge in [-0.25, -0.2) is 4.98 Å². The van der Waals surface area contributed by atoms with Crippen molar-refractivity contribution in [1.82, 2.24) is 29.8 Å². The van der Waals surface area contributed by atoms with Gasteiger partial charge in [0.1, 0.15) is 10.8 Å². The van der Waals surface area contributed by atoms with E-state index in [0.29, 0.717) is 0 Å². The van der Waals surface area contributed by atoms with Crippen molar-refractivity contribution in [2.45, 2.75) is 38.6 Å². The molecule has 0 amide bonds. The number of hydrogen-bond acceptors (Lipinski definition) is 5. The minimum absolute atomic E-state index is 0.751. The first-order chi connectivity index (χ1) is 13.2. The van der Waals surface area contributed by atoms with Crippen LogP contribution in [0, 0.1) is 0 Å². The molecule has 0 fully saturated rings. The normalized spacial score (nSPS) is 14.4. The van der Waals surface area contributed by atoms with E-state index < -0.39 is 0 Å². The minimum atomic E-state index is 0.751. The van der Waals surface area contributed by atoms with E-state index >= 15 is 0 Å². The molecule has 0 spiro atoms. The van der Waals surface area contributed by atoms with Crippen molar-refractivity contribution < 1.29 is 0 Å². The molecular weight excluding hydrogens is 358 g/mol. The number of guanidine groups is 1. The molecule has 4 rings (SSSR count). The van der Waals surface area contributed by atoms with Crippen molar-refractivity contribution in [2.24, 2.45) is 4.99 Å². The van der Waals surface area contributed by atoms with E-state index in [1.165, 1.54) is 34.8 Å². The predicted octanol–water partition coefficient (Wildman–Crippen LogP) is 2.31. The smallest absolute Gasteiger partial charge is 0.193 e. The first-order valence-corrected chi connectivity index (χ1v) is 10.2. The van der Waals surface area contributed by atoms with E-state index in [0.717, 1.165) is 43.4 Å². The zero-order valence-corrected chi connectivity index (χ0v) is 16.7. The first kappa shape index (κ1) is 17.9. The average Bonchev–Trinajstić information content (AvgIpc) is 3.28. The van der Waals surface area contributed by atoms with Crippen molar-refractivity contribution in [3.8, 4) is 0 Å². The van der Waals surface area contributed by atoms with Gasteiger partial charge in [-0.15, -0.1) is 21.5 Å². The van der Waals surface area contributed by atoms with Crippen molar-refractivity contribution >= 4 is 22.9 Å². The Hall–Kier alpha value is -2.48. The van der Waals surface area contributed by atoms with Crippen LogP contribution in [0.2, 0.25) is 0 Å². The van der Waals surface area contributed by atoms with Crippen LogP contribution in [0.4, 0.5) is 0 Å². The van der Waals surface area contributed by atoms with E-state index in [2.05, 4.69) is 32.5 Å². The van der Waals surface area contributed by atoms with Crippen LogP contribution in [-0.4, -0.2) is 51.1 Å². The molecular formula is C19H25N7S. The number of aryl methyl sites for hydroxylation is 2. The van der Waals surface area contributed by atoms with Crippen molar-refractivity contribution in [3.63, 3.8) is 0 Å². The quantitative estimate of drug-likeness (QED) is 0.541. The number of aliphatic imine (C=N–C) groups is 1. The molecule has 7 nitrogen and oxygen atoms in total. The highest BCUT2D eigenvalue weighted by Crippen LogP contribution is 2.27. The second-order valence-corrected chi connectivity index (χ2v) is 7.98. The Bertz CT molecular complexity index is 919. The Morgan fingerprint density at radius 3 is 3.04 bits per heavy atom. The summed E-state index contributed by atoms with van der Waals surface area (Å²) in [5, 5.41) is 13.1. The van der Waals surface area contributed by atoms with Gasteiger partial charge in [0.05, 0.1) is 12.2 Å². The fraction of sp³-hybridized carbons (Fsp3) is 0.474. The number of fused-ring (bicyclic) bond motifs is 2. The number of aromatic nitrogens is 4. The summed E-state index contributed by atoms with van der Waals surface area (Å²) in [6, 6.07) is 5.93. The van der Waals surface area contributed by atoms with E-state index in [9.17, 15) is 0 Å². The molecule has 0 saturated carbocycles. The van der Waals surface area contributed by atoms with E-state index in [1.54, 1.807) is 0 Å². The van der Waals surface area contributed by atoms with Gasteiger partial charge in [-0.2, -0.15) is 0 Å². The summed E-state index contributed by atoms with van der Waals surface area (Å²) in [4.78, 5) is 12.9. The molecule has 3 heterocycles. The van der Waals surface area contributed by atoms with Gasteiger partial charge < -0.3 is 10.2 Å². The summed E-state index contributed by atoms with van der Waals surface area (Å²) in [6.45, 7) is 1.53. The SMILES string of the molecule is CN=C(NCCc1nnc2ccccn12)N(C)Cc1nc2c(s1)CCCC2. The molecule has 0 saturated heterocycles. The first-order valence-electron chi connectivity index (χ1n) is 9.42. The van der Waals surface area contributed by atoms with Crippen molar-refractivity contribution in [3.05, 3.63) is 45.8 Å².